The molecule has 2 nitrogen and oxygen atoms in total. The summed E-state index contributed by atoms with van der Waals surface area (Å²) in [6.07, 6.45) is 4.48. The topological polar surface area (TPSA) is 23.5 Å². The summed E-state index contributed by atoms with van der Waals surface area (Å²) in [6.45, 7) is 3.54. The average molecular weight is 221 g/mol. The summed E-state index contributed by atoms with van der Waals surface area (Å²) in [5, 5.41) is 8.67. The van der Waals surface area contributed by atoms with E-state index in [1.807, 2.05) is 0 Å². The van der Waals surface area contributed by atoms with E-state index in [-0.39, 0.29) is 0 Å². The standard InChI is InChI=1S/C14H23NO/c1-13-8-7-9-14(12-13)15(2)10-5-3-4-6-11-16/h7-9,12,16H,3-6,10-11H2,1-2H3. The lowest BCUT2D eigenvalue weighted by Gasteiger charge is -2.19. The van der Waals surface area contributed by atoms with Crippen LogP contribution < -0.4 is 4.90 Å². The number of hydrogen-bond acceptors (Lipinski definition) is 2. The third-order valence-electron chi connectivity index (χ3n) is 2.84. The Balaban J connectivity index is 2.27. The molecule has 16 heavy (non-hydrogen) atoms. The van der Waals surface area contributed by atoms with Crippen molar-refractivity contribution in [3.05, 3.63) is 29.8 Å². The van der Waals surface area contributed by atoms with Crippen LogP contribution in [-0.2, 0) is 0 Å². The zero-order chi connectivity index (χ0) is 11.8. The molecule has 1 aromatic rings. The van der Waals surface area contributed by atoms with Gasteiger partial charge in [-0.15, -0.1) is 0 Å². The van der Waals surface area contributed by atoms with E-state index in [1.54, 1.807) is 0 Å². The van der Waals surface area contributed by atoms with E-state index < -0.39 is 0 Å². The van der Waals surface area contributed by atoms with Crippen LogP contribution in [0.5, 0.6) is 0 Å². The molecule has 1 aromatic carbocycles. The van der Waals surface area contributed by atoms with E-state index in [1.165, 1.54) is 24.1 Å². The lowest BCUT2D eigenvalue weighted by atomic mass is 10.1. The molecule has 0 unspecified atom stereocenters. The number of aliphatic hydroxyl groups is 1. The zero-order valence-electron chi connectivity index (χ0n) is 10.4. The molecule has 0 radical (unpaired) electrons. The molecule has 0 saturated heterocycles. The summed E-state index contributed by atoms with van der Waals surface area (Å²) in [7, 11) is 2.14. The van der Waals surface area contributed by atoms with Crippen molar-refractivity contribution in [2.45, 2.75) is 32.6 Å². The van der Waals surface area contributed by atoms with Gasteiger partial charge < -0.3 is 10.0 Å². The first-order chi connectivity index (χ1) is 7.74. The molecular formula is C14H23NO. The van der Waals surface area contributed by atoms with Crippen LogP contribution >= 0.6 is 0 Å². The molecule has 2 heteroatoms. The van der Waals surface area contributed by atoms with Gasteiger partial charge in [-0.1, -0.05) is 25.0 Å². The van der Waals surface area contributed by atoms with Crippen molar-refractivity contribution >= 4 is 5.69 Å². The van der Waals surface area contributed by atoms with E-state index in [9.17, 15) is 0 Å². The maximum absolute atomic E-state index is 8.67. The molecular weight excluding hydrogens is 198 g/mol. The summed E-state index contributed by atoms with van der Waals surface area (Å²) in [6, 6.07) is 8.60. The first kappa shape index (κ1) is 13.0. The zero-order valence-corrected chi connectivity index (χ0v) is 10.4. The van der Waals surface area contributed by atoms with Crippen molar-refractivity contribution in [2.75, 3.05) is 25.1 Å². The molecule has 0 aliphatic heterocycles. The number of aliphatic hydroxyl groups excluding tert-OH is 1. The Morgan fingerprint density at radius 1 is 1.12 bits per heavy atom. The van der Waals surface area contributed by atoms with Crippen molar-refractivity contribution in [1.82, 2.24) is 0 Å². The van der Waals surface area contributed by atoms with Crippen LogP contribution in [-0.4, -0.2) is 25.3 Å². The van der Waals surface area contributed by atoms with Crippen molar-refractivity contribution < 1.29 is 5.11 Å². The molecule has 0 saturated carbocycles. The van der Waals surface area contributed by atoms with Gasteiger partial charge in [0.2, 0.25) is 0 Å². The van der Waals surface area contributed by atoms with Gasteiger partial charge in [0.1, 0.15) is 0 Å². The maximum atomic E-state index is 8.67. The second-order valence-electron chi connectivity index (χ2n) is 4.40. The number of aryl methyl sites for hydroxylation is 1. The number of unbranched alkanes of at least 4 members (excludes halogenated alkanes) is 3. The predicted molar refractivity (Wildman–Crippen MR) is 70.0 cm³/mol. The van der Waals surface area contributed by atoms with Crippen LogP contribution in [0.3, 0.4) is 0 Å². The minimum Gasteiger partial charge on any atom is -0.396 e. The average Bonchev–Trinajstić information content (AvgIpc) is 2.28. The highest BCUT2D eigenvalue weighted by Gasteiger charge is 2.00. The van der Waals surface area contributed by atoms with Crippen molar-refractivity contribution in [2.24, 2.45) is 0 Å². The van der Waals surface area contributed by atoms with Crippen LogP contribution in [0, 0.1) is 6.92 Å². The second kappa shape index (κ2) is 7.29. The van der Waals surface area contributed by atoms with Crippen LogP contribution in [0.1, 0.15) is 31.2 Å². The second-order valence-corrected chi connectivity index (χ2v) is 4.40. The molecule has 90 valence electrons. The quantitative estimate of drug-likeness (QED) is 0.715. The molecule has 0 bridgehead atoms. The molecule has 0 aliphatic carbocycles. The molecule has 0 aromatic heterocycles. The highest BCUT2D eigenvalue weighted by Crippen LogP contribution is 2.14. The largest absolute Gasteiger partial charge is 0.396 e. The van der Waals surface area contributed by atoms with Gasteiger partial charge in [-0.3, -0.25) is 0 Å². The predicted octanol–water partition coefficient (Wildman–Crippen LogP) is 2.98. The molecule has 0 fully saturated rings. The number of benzene rings is 1. The third kappa shape index (κ3) is 4.67. The maximum Gasteiger partial charge on any atom is 0.0431 e. The number of hydrogen-bond donors (Lipinski definition) is 1. The van der Waals surface area contributed by atoms with Gasteiger partial charge >= 0.3 is 0 Å². The van der Waals surface area contributed by atoms with Gasteiger partial charge in [-0.05, 0) is 37.5 Å². The van der Waals surface area contributed by atoms with E-state index in [0.29, 0.717) is 6.61 Å². The molecule has 0 spiro atoms. The normalized spacial score (nSPS) is 10.4. The Bertz CT molecular complexity index is 299. The Morgan fingerprint density at radius 2 is 1.88 bits per heavy atom. The minimum atomic E-state index is 0.327. The monoisotopic (exact) mass is 221 g/mol. The first-order valence-corrected chi connectivity index (χ1v) is 6.12. The fourth-order valence-corrected chi connectivity index (χ4v) is 1.81. The van der Waals surface area contributed by atoms with Crippen LogP contribution in [0.2, 0.25) is 0 Å². The summed E-state index contributed by atoms with van der Waals surface area (Å²) < 4.78 is 0. The fraction of sp³-hybridized carbons (Fsp3) is 0.571. The summed E-state index contributed by atoms with van der Waals surface area (Å²) in [4.78, 5) is 2.30. The number of rotatable bonds is 7. The Hall–Kier alpha value is -1.02. The van der Waals surface area contributed by atoms with Crippen LogP contribution in [0.4, 0.5) is 5.69 Å². The van der Waals surface area contributed by atoms with Gasteiger partial charge in [-0.2, -0.15) is 0 Å². The summed E-state index contributed by atoms with van der Waals surface area (Å²) in [5.74, 6) is 0. The Kier molecular flexibility index (Phi) is 5.94. The Labute approximate surface area is 98.9 Å². The lowest BCUT2D eigenvalue weighted by molar-refractivity contribution is 0.282. The van der Waals surface area contributed by atoms with Gasteiger partial charge in [0.25, 0.3) is 0 Å². The van der Waals surface area contributed by atoms with Gasteiger partial charge in [0.05, 0.1) is 0 Å². The van der Waals surface area contributed by atoms with Gasteiger partial charge in [0.15, 0.2) is 0 Å². The summed E-state index contributed by atoms with van der Waals surface area (Å²) >= 11 is 0. The molecule has 1 rings (SSSR count). The molecule has 0 aliphatic rings. The summed E-state index contributed by atoms with van der Waals surface area (Å²) in [5.41, 5.74) is 2.60. The molecule has 0 heterocycles. The van der Waals surface area contributed by atoms with Gasteiger partial charge in [-0.25, -0.2) is 0 Å². The van der Waals surface area contributed by atoms with Crippen molar-refractivity contribution in [3.63, 3.8) is 0 Å². The molecule has 0 atom stereocenters. The van der Waals surface area contributed by atoms with Crippen LogP contribution in [0.25, 0.3) is 0 Å². The van der Waals surface area contributed by atoms with Crippen molar-refractivity contribution in [3.8, 4) is 0 Å². The van der Waals surface area contributed by atoms with E-state index in [2.05, 4.69) is 43.1 Å². The minimum absolute atomic E-state index is 0.327. The smallest absolute Gasteiger partial charge is 0.0431 e. The number of anilines is 1. The van der Waals surface area contributed by atoms with Crippen LogP contribution in [0.15, 0.2) is 24.3 Å². The third-order valence-corrected chi connectivity index (χ3v) is 2.84. The highest BCUT2D eigenvalue weighted by atomic mass is 16.2. The SMILES string of the molecule is Cc1cccc(N(C)CCCCCCO)c1. The lowest BCUT2D eigenvalue weighted by Crippen LogP contribution is -2.18. The Morgan fingerprint density at radius 3 is 2.56 bits per heavy atom. The van der Waals surface area contributed by atoms with E-state index in [0.717, 1.165) is 19.4 Å². The fourth-order valence-electron chi connectivity index (χ4n) is 1.81. The first-order valence-electron chi connectivity index (χ1n) is 6.12. The number of nitrogens with zero attached hydrogens (tertiary/aromatic N) is 1. The van der Waals surface area contributed by atoms with E-state index in [4.69, 9.17) is 5.11 Å². The highest BCUT2D eigenvalue weighted by molar-refractivity contribution is 5.47. The van der Waals surface area contributed by atoms with Crippen molar-refractivity contribution in [1.29, 1.82) is 0 Å². The van der Waals surface area contributed by atoms with Gasteiger partial charge in [0, 0.05) is 25.9 Å². The molecule has 1 N–H and O–H groups in total. The molecule has 0 amide bonds. The van der Waals surface area contributed by atoms with E-state index >= 15 is 0 Å².